The minimum absolute atomic E-state index is 0.0351. The number of carbonyl (C=O) groups excluding carboxylic acids is 1. The molecule has 10 heteroatoms. The summed E-state index contributed by atoms with van der Waals surface area (Å²) in [6, 6.07) is 2.51. The van der Waals surface area contributed by atoms with Crippen LogP contribution < -0.4 is 0 Å². The van der Waals surface area contributed by atoms with E-state index < -0.39 is 23.4 Å². The highest BCUT2D eigenvalue weighted by Gasteiger charge is 2.33. The summed E-state index contributed by atoms with van der Waals surface area (Å²) in [5.74, 6) is 0.803. The van der Waals surface area contributed by atoms with Gasteiger partial charge in [-0.3, -0.25) is 4.98 Å². The SMILES string of the molecule is CCSC1=CI=CN=C1c1cc2ncc(C(F)(F)F)cc2n1C(=O)OC(C)(C)C. The van der Waals surface area contributed by atoms with Gasteiger partial charge in [-0.1, -0.05) is 27.7 Å². The van der Waals surface area contributed by atoms with Gasteiger partial charge >= 0.3 is 12.3 Å². The molecule has 0 saturated carbocycles. The van der Waals surface area contributed by atoms with Gasteiger partial charge < -0.3 is 4.74 Å². The number of halogens is 4. The van der Waals surface area contributed by atoms with Crippen molar-refractivity contribution in [3.05, 3.63) is 38.6 Å². The maximum Gasteiger partial charge on any atom is 0.419 e. The number of rotatable bonds is 3. The number of aromatic nitrogens is 2. The Morgan fingerprint density at radius 2 is 2.00 bits per heavy atom. The monoisotopic (exact) mass is 537 g/mol. The predicted octanol–water partition coefficient (Wildman–Crippen LogP) is 5.97. The molecule has 5 nitrogen and oxygen atoms in total. The minimum Gasteiger partial charge on any atom is -0.443 e. The number of thioether (sulfide) groups is 1. The number of hydrogen-bond acceptors (Lipinski definition) is 5. The lowest BCUT2D eigenvalue weighted by Crippen LogP contribution is -2.29. The predicted molar refractivity (Wildman–Crippen MR) is 119 cm³/mol. The van der Waals surface area contributed by atoms with Crippen molar-refractivity contribution < 1.29 is 22.7 Å². The molecule has 0 amide bonds. The lowest BCUT2D eigenvalue weighted by molar-refractivity contribution is -0.137. The van der Waals surface area contributed by atoms with Gasteiger partial charge in [0.2, 0.25) is 0 Å². The Balaban J connectivity index is 2.25. The number of hydrogen-bond donors (Lipinski definition) is 0. The summed E-state index contributed by atoms with van der Waals surface area (Å²) in [5.41, 5.74) is -0.534. The lowest BCUT2D eigenvalue weighted by Gasteiger charge is -2.21. The number of carbonyl (C=O) groups is 1. The summed E-state index contributed by atoms with van der Waals surface area (Å²) in [4.78, 5) is 22.3. The van der Waals surface area contributed by atoms with Crippen LogP contribution in [0.1, 0.15) is 39.0 Å². The third-order valence-corrected chi connectivity index (χ3v) is 6.64. The highest BCUT2D eigenvalue weighted by atomic mass is 127. The highest BCUT2D eigenvalue weighted by molar-refractivity contribution is 14.2. The van der Waals surface area contributed by atoms with Gasteiger partial charge in [-0.05, 0) is 42.7 Å². The number of fused-ring (bicyclic) bond motifs is 1. The standard InChI is InChI=1S/C19H19F3IN3O2S/c1-5-29-15-8-23-10-25-16(15)14-7-12-13(6-11(9-24-12)19(20,21)22)26(14)17(27)28-18(2,3)4/h6-10H,5H2,1-4H3. The zero-order valence-corrected chi connectivity index (χ0v) is 19.1. The molecule has 0 atom stereocenters. The van der Waals surface area contributed by atoms with Crippen LogP contribution in [0, 0.1) is 0 Å². The van der Waals surface area contributed by atoms with Crippen molar-refractivity contribution >= 4 is 59.5 Å². The zero-order valence-electron chi connectivity index (χ0n) is 16.2. The maximum atomic E-state index is 13.2. The van der Waals surface area contributed by atoms with Gasteiger partial charge in [-0.25, -0.2) is 14.4 Å². The summed E-state index contributed by atoms with van der Waals surface area (Å²) < 4.78 is 50.2. The second-order valence-corrected chi connectivity index (χ2v) is 10.3. The molecule has 3 rings (SSSR count). The minimum atomic E-state index is -4.58. The molecule has 0 unspecified atom stereocenters. The quantitative estimate of drug-likeness (QED) is 0.454. The maximum absolute atomic E-state index is 13.2. The van der Waals surface area contributed by atoms with Gasteiger partial charge in [-0.2, -0.15) is 13.2 Å². The number of allylic oxidation sites excluding steroid dienone is 1. The summed E-state index contributed by atoms with van der Waals surface area (Å²) >= 11 is 1.24. The first-order chi connectivity index (χ1) is 13.5. The van der Waals surface area contributed by atoms with E-state index in [4.69, 9.17) is 4.74 Å². The highest BCUT2D eigenvalue weighted by Crippen LogP contribution is 2.34. The van der Waals surface area contributed by atoms with Gasteiger partial charge in [0, 0.05) is 11.1 Å². The molecule has 2 aromatic heterocycles. The molecule has 0 fully saturated rings. The molecule has 0 bridgehead atoms. The van der Waals surface area contributed by atoms with Gasteiger partial charge in [-0.15, -0.1) is 11.8 Å². The average molecular weight is 537 g/mol. The molecule has 156 valence electrons. The van der Waals surface area contributed by atoms with Crippen molar-refractivity contribution in [1.29, 1.82) is 0 Å². The van der Waals surface area contributed by atoms with E-state index in [0.717, 1.165) is 27.5 Å². The fourth-order valence-corrected chi connectivity index (χ4v) is 5.41. The van der Waals surface area contributed by atoms with Crippen molar-refractivity contribution in [3.63, 3.8) is 0 Å². The van der Waals surface area contributed by atoms with Crippen LogP contribution in [0.3, 0.4) is 0 Å². The number of nitrogens with zero attached hydrogens (tertiary/aromatic N) is 3. The van der Waals surface area contributed by atoms with E-state index in [0.29, 0.717) is 11.4 Å². The molecule has 1 aliphatic rings. The molecule has 0 aromatic carbocycles. The van der Waals surface area contributed by atoms with Crippen molar-refractivity contribution in [2.24, 2.45) is 4.99 Å². The lowest BCUT2D eigenvalue weighted by atomic mass is 10.2. The molecular formula is C19H19F3IN3O2S. The van der Waals surface area contributed by atoms with Gasteiger partial charge in [0.25, 0.3) is 0 Å². The third kappa shape index (κ3) is 4.90. The van der Waals surface area contributed by atoms with Crippen LogP contribution in [-0.2, 0) is 10.9 Å². The Labute approximate surface area is 180 Å². The van der Waals surface area contributed by atoms with Crippen LogP contribution in [0.5, 0.6) is 0 Å². The van der Waals surface area contributed by atoms with E-state index in [-0.39, 0.29) is 31.8 Å². The van der Waals surface area contributed by atoms with E-state index in [1.165, 1.54) is 0 Å². The van der Waals surface area contributed by atoms with Crippen LogP contribution in [-0.4, -0.2) is 36.8 Å². The van der Waals surface area contributed by atoms with E-state index in [2.05, 4.69) is 14.1 Å². The first-order valence-electron chi connectivity index (χ1n) is 8.68. The van der Waals surface area contributed by atoms with Gasteiger partial charge in [0.1, 0.15) is 11.3 Å². The van der Waals surface area contributed by atoms with Gasteiger partial charge in [0.15, 0.2) is 0 Å². The van der Waals surface area contributed by atoms with Crippen LogP contribution in [0.25, 0.3) is 11.0 Å². The topological polar surface area (TPSA) is 56.5 Å². The molecule has 0 N–H and O–H groups in total. The Morgan fingerprint density at radius 3 is 2.62 bits per heavy atom. The summed E-state index contributed by atoms with van der Waals surface area (Å²) in [7, 11) is 0. The number of pyridine rings is 1. The van der Waals surface area contributed by atoms with Gasteiger partial charge in [0.05, 0.1) is 26.4 Å². The summed E-state index contributed by atoms with van der Waals surface area (Å²) in [6.07, 6.45) is -4.58. The summed E-state index contributed by atoms with van der Waals surface area (Å²) in [6.45, 7) is 7.10. The fraction of sp³-hybridized carbons (Fsp3) is 0.368. The molecule has 0 aliphatic carbocycles. The largest absolute Gasteiger partial charge is 0.443 e. The average Bonchev–Trinajstić information content (AvgIpc) is 2.99. The van der Waals surface area contributed by atoms with E-state index in [9.17, 15) is 18.0 Å². The molecular weight excluding hydrogens is 518 g/mol. The molecule has 0 spiro atoms. The zero-order chi connectivity index (χ0) is 21.4. The number of ether oxygens (including phenoxy) is 1. The second kappa shape index (κ2) is 8.21. The molecule has 1 aliphatic heterocycles. The van der Waals surface area contributed by atoms with Crippen LogP contribution in [0.2, 0.25) is 0 Å². The Morgan fingerprint density at radius 1 is 1.28 bits per heavy atom. The molecule has 0 saturated heterocycles. The molecule has 0 radical (unpaired) electrons. The van der Waals surface area contributed by atoms with Crippen LogP contribution in [0.4, 0.5) is 18.0 Å². The normalized spacial score (nSPS) is 15.0. The Hall–Kier alpha value is -1.69. The first-order valence-corrected chi connectivity index (χ1v) is 12.2. The summed E-state index contributed by atoms with van der Waals surface area (Å²) in [5, 5.41) is 0. The Bertz CT molecular complexity index is 1050. The van der Waals surface area contributed by atoms with E-state index >= 15 is 0 Å². The van der Waals surface area contributed by atoms with Crippen molar-refractivity contribution in [3.8, 4) is 0 Å². The van der Waals surface area contributed by atoms with Crippen LogP contribution in [0.15, 0.2) is 32.3 Å². The number of alkyl halides is 3. The van der Waals surface area contributed by atoms with Crippen molar-refractivity contribution in [2.45, 2.75) is 39.5 Å². The van der Waals surface area contributed by atoms with E-state index in [1.54, 1.807) is 42.7 Å². The first kappa shape index (κ1) is 22.0. The smallest absolute Gasteiger partial charge is 0.419 e. The van der Waals surface area contributed by atoms with E-state index in [1.807, 2.05) is 6.92 Å². The third-order valence-electron chi connectivity index (χ3n) is 3.73. The van der Waals surface area contributed by atoms with Crippen LogP contribution >= 0.6 is 32.5 Å². The molecule has 3 heterocycles. The number of aliphatic imine (C=N–C) groups is 1. The van der Waals surface area contributed by atoms with Crippen molar-refractivity contribution in [1.82, 2.24) is 9.55 Å². The Kier molecular flexibility index (Phi) is 6.23. The van der Waals surface area contributed by atoms with Crippen molar-refractivity contribution in [2.75, 3.05) is 5.75 Å². The second-order valence-electron chi connectivity index (χ2n) is 7.08. The fourth-order valence-electron chi connectivity index (χ4n) is 2.64. The molecule has 2 aromatic rings. The molecule has 29 heavy (non-hydrogen) atoms.